The Labute approximate surface area is 131 Å². The van der Waals surface area contributed by atoms with Crippen molar-refractivity contribution in [3.05, 3.63) is 0 Å². The second kappa shape index (κ2) is 12.4. The molecule has 1 rings (SSSR count). The van der Waals surface area contributed by atoms with Crippen LogP contribution in [0.25, 0.3) is 0 Å². The van der Waals surface area contributed by atoms with Gasteiger partial charge in [0.05, 0.1) is 12.7 Å². The van der Waals surface area contributed by atoms with Crippen LogP contribution in [-0.4, -0.2) is 37.0 Å². The maximum atomic E-state index is 10.0. The first-order chi connectivity index (χ1) is 10.3. The Hall–Kier alpha value is -0.120. The summed E-state index contributed by atoms with van der Waals surface area (Å²) < 4.78 is 5.56. The Morgan fingerprint density at radius 2 is 1.86 bits per heavy atom. The minimum absolute atomic E-state index is 0.367. The summed E-state index contributed by atoms with van der Waals surface area (Å²) in [5.41, 5.74) is 0. The van der Waals surface area contributed by atoms with Gasteiger partial charge < -0.3 is 15.2 Å². The lowest BCUT2D eigenvalue weighted by Gasteiger charge is -2.31. The molecule has 0 aromatic rings. The summed E-state index contributed by atoms with van der Waals surface area (Å²) in [7, 11) is 0. The Kier molecular flexibility index (Phi) is 11.2. The van der Waals surface area contributed by atoms with Crippen molar-refractivity contribution in [1.82, 2.24) is 5.32 Å². The fraction of sp³-hybridized carbons (Fsp3) is 1.00. The van der Waals surface area contributed by atoms with E-state index in [0.717, 1.165) is 25.4 Å². The monoisotopic (exact) mass is 299 g/mol. The minimum Gasteiger partial charge on any atom is -0.389 e. The van der Waals surface area contributed by atoms with Gasteiger partial charge in [0.2, 0.25) is 0 Å². The zero-order valence-corrected chi connectivity index (χ0v) is 14.3. The van der Waals surface area contributed by atoms with Gasteiger partial charge in [0.15, 0.2) is 0 Å². The second-order valence-electron chi connectivity index (χ2n) is 6.61. The molecule has 0 saturated heterocycles. The third kappa shape index (κ3) is 8.80. The van der Waals surface area contributed by atoms with Gasteiger partial charge in [-0.05, 0) is 31.6 Å². The lowest BCUT2D eigenvalue weighted by atomic mass is 9.83. The van der Waals surface area contributed by atoms with Crippen LogP contribution in [-0.2, 0) is 4.74 Å². The molecule has 126 valence electrons. The van der Waals surface area contributed by atoms with Gasteiger partial charge in [-0.15, -0.1) is 0 Å². The molecule has 1 fully saturated rings. The molecule has 0 aromatic carbocycles. The highest BCUT2D eigenvalue weighted by molar-refractivity contribution is 4.79. The molecule has 2 unspecified atom stereocenters. The summed E-state index contributed by atoms with van der Waals surface area (Å²) in [6.45, 7) is 6.40. The number of unbranched alkanes of at least 4 members (excludes halogenated alkanes) is 3. The zero-order chi connectivity index (χ0) is 15.3. The smallest absolute Gasteiger partial charge is 0.0897 e. The summed E-state index contributed by atoms with van der Waals surface area (Å²) in [6.07, 6.45) is 12.6. The van der Waals surface area contributed by atoms with Crippen LogP contribution in [0.1, 0.15) is 78.1 Å². The lowest BCUT2D eigenvalue weighted by Crippen LogP contribution is -2.42. The normalized spacial score (nSPS) is 19.6. The van der Waals surface area contributed by atoms with E-state index in [1.165, 1.54) is 51.4 Å². The molecule has 0 radical (unpaired) electrons. The van der Waals surface area contributed by atoms with Crippen LogP contribution in [0.15, 0.2) is 0 Å². The Morgan fingerprint density at radius 1 is 1.10 bits per heavy atom. The van der Waals surface area contributed by atoms with Gasteiger partial charge in [-0.25, -0.2) is 0 Å². The van der Waals surface area contributed by atoms with Crippen LogP contribution in [0.4, 0.5) is 0 Å². The van der Waals surface area contributed by atoms with Crippen LogP contribution in [0.2, 0.25) is 0 Å². The van der Waals surface area contributed by atoms with E-state index < -0.39 is 0 Å². The van der Waals surface area contributed by atoms with Gasteiger partial charge in [0, 0.05) is 19.2 Å². The van der Waals surface area contributed by atoms with Crippen molar-refractivity contribution in [3.8, 4) is 0 Å². The van der Waals surface area contributed by atoms with E-state index in [2.05, 4.69) is 19.2 Å². The topological polar surface area (TPSA) is 41.5 Å². The lowest BCUT2D eigenvalue weighted by molar-refractivity contribution is 0.0325. The van der Waals surface area contributed by atoms with Crippen LogP contribution >= 0.6 is 0 Å². The Balaban J connectivity index is 2.05. The number of ether oxygens (including phenoxy) is 1. The summed E-state index contributed by atoms with van der Waals surface area (Å²) in [5, 5.41) is 13.6. The molecule has 1 aliphatic carbocycles. The van der Waals surface area contributed by atoms with E-state index >= 15 is 0 Å². The molecule has 3 nitrogen and oxygen atoms in total. The molecule has 21 heavy (non-hydrogen) atoms. The standard InChI is InChI=1S/C18H37NO2/c1-3-5-6-10-13-21-15-17(20)14-19-18(4-2)16-11-8-7-9-12-16/h16-20H,3-15H2,1-2H3. The van der Waals surface area contributed by atoms with Crippen LogP contribution in [0, 0.1) is 5.92 Å². The largest absolute Gasteiger partial charge is 0.389 e. The molecule has 0 aromatic heterocycles. The van der Waals surface area contributed by atoms with Crippen LogP contribution < -0.4 is 5.32 Å². The quantitative estimate of drug-likeness (QED) is 0.537. The summed E-state index contributed by atoms with van der Waals surface area (Å²) >= 11 is 0. The zero-order valence-electron chi connectivity index (χ0n) is 14.3. The van der Waals surface area contributed by atoms with Crippen LogP contribution in [0.3, 0.4) is 0 Å². The molecule has 1 saturated carbocycles. The molecule has 3 heteroatoms. The highest BCUT2D eigenvalue weighted by Gasteiger charge is 2.22. The molecule has 0 aliphatic heterocycles. The summed E-state index contributed by atoms with van der Waals surface area (Å²) in [6, 6.07) is 0.574. The maximum Gasteiger partial charge on any atom is 0.0897 e. The number of aliphatic hydroxyl groups excluding tert-OH is 1. The number of hydrogen-bond donors (Lipinski definition) is 2. The maximum absolute atomic E-state index is 10.0. The number of hydrogen-bond acceptors (Lipinski definition) is 3. The number of nitrogens with one attached hydrogen (secondary N) is 1. The van der Waals surface area contributed by atoms with Gasteiger partial charge in [-0.1, -0.05) is 52.4 Å². The molecule has 0 spiro atoms. The predicted octanol–water partition coefficient (Wildman–Crippen LogP) is 3.89. The van der Waals surface area contributed by atoms with Gasteiger partial charge in [0.1, 0.15) is 0 Å². The minimum atomic E-state index is -0.367. The third-order valence-electron chi connectivity index (χ3n) is 4.73. The van der Waals surface area contributed by atoms with E-state index in [0.29, 0.717) is 19.2 Å². The van der Waals surface area contributed by atoms with E-state index in [1.54, 1.807) is 0 Å². The fourth-order valence-electron chi connectivity index (χ4n) is 3.38. The first-order valence-corrected chi connectivity index (χ1v) is 9.27. The van der Waals surface area contributed by atoms with Gasteiger partial charge in [-0.3, -0.25) is 0 Å². The average Bonchev–Trinajstić information content (AvgIpc) is 2.52. The predicted molar refractivity (Wildman–Crippen MR) is 89.6 cm³/mol. The van der Waals surface area contributed by atoms with Gasteiger partial charge >= 0.3 is 0 Å². The fourth-order valence-corrected chi connectivity index (χ4v) is 3.38. The first-order valence-electron chi connectivity index (χ1n) is 9.27. The van der Waals surface area contributed by atoms with E-state index in [9.17, 15) is 5.11 Å². The van der Waals surface area contributed by atoms with E-state index in [4.69, 9.17) is 4.74 Å². The third-order valence-corrected chi connectivity index (χ3v) is 4.73. The number of rotatable bonds is 12. The van der Waals surface area contributed by atoms with Gasteiger partial charge in [-0.2, -0.15) is 0 Å². The van der Waals surface area contributed by atoms with Crippen molar-refractivity contribution in [2.24, 2.45) is 5.92 Å². The molecule has 0 bridgehead atoms. The molecule has 0 heterocycles. The number of aliphatic hydroxyl groups is 1. The van der Waals surface area contributed by atoms with Gasteiger partial charge in [0.25, 0.3) is 0 Å². The van der Waals surface area contributed by atoms with Crippen molar-refractivity contribution in [3.63, 3.8) is 0 Å². The Bertz CT molecular complexity index is 229. The molecular formula is C18H37NO2. The van der Waals surface area contributed by atoms with Crippen LogP contribution in [0.5, 0.6) is 0 Å². The van der Waals surface area contributed by atoms with Crippen molar-refractivity contribution >= 4 is 0 Å². The molecule has 2 N–H and O–H groups in total. The molecule has 2 atom stereocenters. The van der Waals surface area contributed by atoms with E-state index in [-0.39, 0.29) is 6.10 Å². The molecule has 1 aliphatic rings. The molecule has 0 amide bonds. The van der Waals surface area contributed by atoms with Crippen molar-refractivity contribution < 1.29 is 9.84 Å². The summed E-state index contributed by atoms with van der Waals surface area (Å²) in [5.74, 6) is 0.811. The second-order valence-corrected chi connectivity index (χ2v) is 6.61. The first kappa shape index (κ1) is 18.9. The van der Waals surface area contributed by atoms with Crippen molar-refractivity contribution in [2.75, 3.05) is 19.8 Å². The Morgan fingerprint density at radius 3 is 2.52 bits per heavy atom. The average molecular weight is 299 g/mol. The highest BCUT2D eigenvalue weighted by atomic mass is 16.5. The van der Waals surface area contributed by atoms with Crippen molar-refractivity contribution in [1.29, 1.82) is 0 Å². The SMILES string of the molecule is CCCCCCOCC(O)CNC(CC)C1CCCCC1. The highest BCUT2D eigenvalue weighted by Crippen LogP contribution is 2.27. The summed E-state index contributed by atoms with van der Waals surface area (Å²) in [4.78, 5) is 0. The van der Waals surface area contributed by atoms with E-state index in [1.807, 2.05) is 0 Å². The molecular weight excluding hydrogens is 262 g/mol. The van der Waals surface area contributed by atoms with Crippen molar-refractivity contribution in [2.45, 2.75) is 90.2 Å².